The van der Waals surface area contributed by atoms with Crippen LogP contribution in [-0.4, -0.2) is 25.5 Å². The summed E-state index contributed by atoms with van der Waals surface area (Å²) in [5.41, 5.74) is 2.97. The van der Waals surface area contributed by atoms with Crippen molar-refractivity contribution in [1.82, 2.24) is 19.6 Å². The van der Waals surface area contributed by atoms with E-state index in [1.807, 2.05) is 48.1 Å². The zero-order valence-corrected chi connectivity index (χ0v) is 13.2. The van der Waals surface area contributed by atoms with Crippen LogP contribution in [0, 0.1) is 6.92 Å². The maximum atomic E-state index is 12.4. The van der Waals surface area contributed by atoms with Crippen LogP contribution in [0.5, 0.6) is 0 Å². The van der Waals surface area contributed by atoms with Gasteiger partial charge in [0.25, 0.3) is 5.91 Å². The summed E-state index contributed by atoms with van der Waals surface area (Å²) in [5, 5.41) is 11.4. The Labute approximate surface area is 134 Å². The summed E-state index contributed by atoms with van der Waals surface area (Å²) in [4.78, 5) is 12.4. The molecule has 3 rings (SSSR count). The molecular weight excluding hydrogens is 290 g/mol. The number of carbonyl (C=O) groups is 1. The molecule has 23 heavy (non-hydrogen) atoms. The molecule has 0 saturated carbocycles. The average Bonchev–Trinajstić information content (AvgIpc) is 3.15. The molecule has 2 heterocycles. The van der Waals surface area contributed by atoms with Crippen molar-refractivity contribution in [3.05, 3.63) is 60.2 Å². The highest BCUT2D eigenvalue weighted by molar-refractivity contribution is 6.04. The van der Waals surface area contributed by atoms with E-state index in [-0.39, 0.29) is 5.91 Å². The standard InChI is InChI=1S/C17H19N5O/c1-3-9-21-12-14(10-18-21)20-17(23)16-11-19-22(13(16)2)15-7-5-4-6-8-15/h4-8,10-12H,3,9H2,1-2H3,(H,20,23). The zero-order chi connectivity index (χ0) is 16.2. The maximum Gasteiger partial charge on any atom is 0.259 e. The summed E-state index contributed by atoms with van der Waals surface area (Å²) < 4.78 is 3.57. The molecule has 0 aliphatic carbocycles. The van der Waals surface area contributed by atoms with Crippen molar-refractivity contribution in [2.75, 3.05) is 5.32 Å². The van der Waals surface area contributed by atoms with E-state index in [4.69, 9.17) is 0 Å². The van der Waals surface area contributed by atoms with Crippen molar-refractivity contribution in [2.24, 2.45) is 0 Å². The molecule has 0 aliphatic heterocycles. The van der Waals surface area contributed by atoms with E-state index in [2.05, 4.69) is 22.4 Å². The van der Waals surface area contributed by atoms with Crippen molar-refractivity contribution in [3.8, 4) is 5.69 Å². The summed E-state index contributed by atoms with van der Waals surface area (Å²) in [5.74, 6) is -0.180. The Morgan fingerprint density at radius 3 is 2.70 bits per heavy atom. The lowest BCUT2D eigenvalue weighted by Gasteiger charge is -2.05. The molecule has 1 amide bonds. The van der Waals surface area contributed by atoms with E-state index in [1.54, 1.807) is 17.1 Å². The lowest BCUT2D eigenvalue weighted by molar-refractivity contribution is 0.102. The van der Waals surface area contributed by atoms with Crippen LogP contribution < -0.4 is 5.32 Å². The summed E-state index contributed by atoms with van der Waals surface area (Å²) in [6, 6.07) is 9.74. The minimum atomic E-state index is -0.180. The first-order chi connectivity index (χ1) is 11.2. The van der Waals surface area contributed by atoms with Gasteiger partial charge in [-0.25, -0.2) is 4.68 Å². The Morgan fingerprint density at radius 2 is 1.96 bits per heavy atom. The number of rotatable bonds is 5. The van der Waals surface area contributed by atoms with E-state index in [0.717, 1.165) is 24.3 Å². The molecular formula is C17H19N5O. The van der Waals surface area contributed by atoms with Crippen LogP contribution in [0.4, 0.5) is 5.69 Å². The lowest BCUT2D eigenvalue weighted by Crippen LogP contribution is -2.12. The molecule has 0 unspecified atom stereocenters. The lowest BCUT2D eigenvalue weighted by atomic mass is 10.2. The number of anilines is 1. The molecule has 0 spiro atoms. The molecule has 0 radical (unpaired) electrons. The quantitative estimate of drug-likeness (QED) is 0.788. The molecule has 2 aromatic heterocycles. The Bertz CT molecular complexity index is 804. The van der Waals surface area contributed by atoms with E-state index in [1.165, 1.54) is 0 Å². The number of benzene rings is 1. The molecule has 0 bridgehead atoms. The van der Waals surface area contributed by atoms with Gasteiger partial charge in [-0.1, -0.05) is 25.1 Å². The van der Waals surface area contributed by atoms with Crippen LogP contribution in [0.1, 0.15) is 29.4 Å². The Morgan fingerprint density at radius 1 is 1.17 bits per heavy atom. The second-order valence-corrected chi connectivity index (χ2v) is 5.34. The van der Waals surface area contributed by atoms with Gasteiger partial charge in [-0.05, 0) is 25.5 Å². The number of nitrogens with one attached hydrogen (secondary N) is 1. The second-order valence-electron chi connectivity index (χ2n) is 5.34. The van der Waals surface area contributed by atoms with Crippen LogP contribution in [0.2, 0.25) is 0 Å². The highest BCUT2D eigenvalue weighted by Gasteiger charge is 2.15. The predicted octanol–water partition coefficient (Wildman–Crippen LogP) is 3.04. The molecule has 0 atom stereocenters. The minimum absolute atomic E-state index is 0.180. The monoisotopic (exact) mass is 309 g/mol. The van der Waals surface area contributed by atoms with Crippen LogP contribution in [0.15, 0.2) is 48.9 Å². The van der Waals surface area contributed by atoms with Gasteiger partial charge in [0.15, 0.2) is 0 Å². The van der Waals surface area contributed by atoms with Crippen molar-refractivity contribution in [1.29, 1.82) is 0 Å². The number of para-hydroxylation sites is 1. The fourth-order valence-electron chi connectivity index (χ4n) is 2.44. The highest BCUT2D eigenvalue weighted by Crippen LogP contribution is 2.15. The molecule has 0 saturated heterocycles. The number of aromatic nitrogens is 4. The fourth-order valence-corrected chi connectivity index (χ4v) is 2.44. The fraction of sp³-hybridized carbons (Fsp3) is 0.235. The third-order valence-electron chi connectivity index (χ3n) is 3.60. The van der Waals surface area contributed by atoms with Crippen molar-refractivity contribution < 1.29 is 4.79 Å². The largest absolute Gasteiger partial charge is 0.319 e. The van der Waals surface area contributed by atoms with Gasteiger partial charge in [0.05, 0.1) is 35.0 Å². The molecule has 1 N–H and O–H groups in total. The average molecular weight is 309 g/mol. The highest BCUT2D eigenvalue weighted by atomic mass is 16.1. The third kappa shape index (κ3) is 3.15. The third-order valence-corrected chi connectivity index (χ3v) is 3.60. The van der Waals surface area contributed by atoms with E-state index >= 15 is 0 Å². The van der Waals surface area contributed by atoms with Crippen molar-refractivity contribution in [2.45, 2.75) is 26.8 Å². The minimum Gasteiger partial charge on any atom is -0.319 e. The molecule has 1 aromatic carbocycles. The van der Waals surface area contributed by atoms with Gasteiger partial charge in [0.1, 0.15) is 0 Å². The van der Waals surface area contributed by atoms with Crippen molar-refractivity contribution in [3.63, 3.8) is 0 Å². The smallest absolute Gasteiger partial charge is 0.259 e. The van der Waals surface area contributed by atoms with Gasteiger partial charge < -0.3 is 5.32 Å². The molecule has 118 valence electrons. The molecule has 6 heteroatoms. The summed E-state index contributed by atoms with van der Waals surface area (Å²) in [7, 11) is 0. The molecule has 3 aromatic rings. The first-order valence-corrected chi connectivity index (χ1v) is 7.63. The van der Waals surface area contributed by atoms with Gasteiger partial charge in [-0.15, -0.1) is 0 Å². The Hall–Kier alpha value is -2.89. The van der Waals surface area contributed by atoms with Crippen LogP contribution in [-0.2, 0) is 6.54 Å². The van der Waals surface area contributed by atoms with Gasteiger partial charge >= 0.3 is 0 Å². The maximum absolute atomic E-state index is 12.4. The zero-order valence-electron chi connectivity index (χ0n) is 13.2. The summed E-state index contributed by atoms with van der Waals surface area (Å²) >= 11 is 0. The summed E-state index contributed by atoms with van der Waals surface area (Å²) in [6.07, 6.45) is 6.08. The van der Waals surface area contributed by atoms with Gasteiger partial charge in [0.2, 0.25) is 0 Å². The summed E-state index contributed by atoms with van der Waals surface area (Å²) in [6.45, 7) is 4.80. The molecule has 0 aliphatic rings. The van der Waals surface area contributed by atoms with Crippen LogP contribution in [0.3, 0.4) is 0 Å². The number of carbonyl (C=O) groups excluding carboxylic acids is 1. The second kappa shape index (κ2) is 6.48. The SMILES string of the molecule is CCCn1cc(NC(=O)c2cnn(-c3ccccc3)c2C)cn1. The van der Waals surface area contributed by atoms with E-state index < -0.39 is 0 Å². The van der Waals surface area contributed by atoms with E-state index in [0.29, 0.717) is 11.3 Å². The van der Waals surface area contributed by atoms with Gasteiger partial charge in [-0.2, -0.15) is 10.2 Å². The molecule has 6 nitrogen and oxygen atoms in total. The van der Waals surface area contributed by atoms with Crippen LogP contribution >= 0.6 is 0 Å². The predicted molar refractivity (Wildman–Crippen MR) is 88.8 cm³/mol. The first-order valence-electron chi connectivity index (χ1n) is 7.63. The topological polar surface area (TPSA) is 64.7 Å². The first kappa shape index (κ1) is 15.0. The van der Waals surface area contributed by atoms with Crippen LogP contribution in [0.25, 0.3) is 5.69 Å². The number of hydrogen-bond acceptors (Lipinski definition) is 3. The number of aryl methyl sites for hydroxylation is 1. The Kier molecular flexibility index (Phi) is 4.23. The Balaban J connectivity index is 1.79. The number of hydrogen-bond donors (Lipinski definition) is 1. The normalized spacial score (nSPS) is 10.7. The number of nitrogens with zero attached hydrogens (tertiary/aromatic N) is 4. The van der Waals surface area contributed by atoms with E-state index in [9.17, 15) is 4.79 Å². The molecule has 0 fully saturated rings. The van der Waals surface area contributed by atoms with Gasteiger partial charge in [0, 0.05) is 12.7 Å². The van der Waals surface area contributed by atoms with Gasteiger partial charge in [-0.3, -0.25) is 9.48 Å². The number of amides is 1. The van der Waals surface area contributed by atoms with Crippen molar-refractivity contribution >= 4 is 11.6 Å².